The second-order valence-electron chi connectivity index (χ2n) is 8.53. The highest BCUT2D eigenvalue weighted by Gasteiger charge is 2.45. The van der Waals surface area contributed by atoms with Gasteiger partial charge in [0.25, 0.3) is 0 Å². The van der Waals surface area contributed by atoms with Crippen molar-refractivity contribution in [2.45, 2.75) is 50.5 Å². The van der Waals surface area contributed by atoms with Crippen LogP contribution >= 0.6 is 0 Å². The normalized spacial score (nSPS) is 26.7. The van der Waals surface area contributed by atoms with Crippen molar-refractivity contribution in [3.8, 4) is 0 Å². The highest BCUT2D eigenvalue weighted by atomic mass is 32.2. The maximum Gasteiger partial charge on any atom is 0.410 e. The third-order valence-corrected chi connectivity index (χ3v) is 7.04. The summed E-state index contributed by atoms with van der Waals surface area (Å²) in [5, 5.41) is 0. The van der Waals surface area contributed by atoms with Gasteiger partial charge in [-0.05, 0) is 38.3 Å². The number of ether oxygens (including phenoxy) is 1. The van der Waals surface area contributed by atoms with Crippen LogP contribution in [0.3, 0.4) is 0 Å². The summed E-state index contributed by atoms with van der Waals surface area (Å²) in [4.78, 5) is 16.6. The van der Waals surface area contributed by atoms with Gasteiger partial charge in [0.15, 0.2) is 9.84 Å². The number of nitrogens with zero attached hydrogens (tertiary/aromatic N) is 2. The van der Waals surface area contributed by atoms with E-state index in [1.165, 1.54) is 5.56 Å². The van der Waals surface area contributed by atoms with Crippen LogP contribution in [0.25, 0.3) is 0 Å². The summed E-state index contributed by atoms with van der Waals surface area (Å²) in [6.45, 7) is 7.44. The predicted molar refractivity (Wildman–Crippen MR) is 100 cm³/mol. The average molecular weight is 378 g/mol. The molecule has 2 atom stereocenters. The van der Waals surface area contributed by atoms with Crippen LogP contribution in [0.15, 0.2) is 18.2 Å². The van der Waals surface area contributed by atoms with E-state index in [-0.39, 0.29) is 29.6 Å². The van der Waals surface area contributed by atoms with Crippen LogP contribution in [0.2, 0.25) is 0 Å². The number of sulfone groups is 1. The Labute approximate surface area is 155 Å². The van der Waals surface area contributed by atoms with Gasteiger partial charge >= 0.3 is 6.09 Å². The molecule has 26 heavy (non-hydrogen) atoms. The molecular formula is C19H26N2O4S. The summed E-state index contributed by atoms with van der Waals surface area (Å²) >= 11 is 0. The third-order valence-electron chi connectivity index (χ3n) is 5.48. The fraction of sp³-hybridized carbons (Fsp3) is 0.632. The zero-order chi connectivity index (χ0) is 18.7. The highest BCUT2D eigenvalue weighted by Crippen LogP contribution is 2.47. The van der Waals surface area contributed by atoms with Crippen LogP contribution in [0.4, 0.5) is 10.5 Å². The number of piperidine rings is 1. The molecule has 142 valence electrons. The van der Waals surface area contributed by atoms with Crippen LogP contribution in [0.5, 0.6) is 0 Å². The number of amides is 1. The van der Waals surface area contributed by atoms with Gasteiger partial charge < -0.3 is 14.5 Å². The predicted octanol–water partition coefficient (Wildman–Crippen LogP) is 2.53. The smallest absolute Gasteiger partial charge is 0.410 e. The molecule has 0 aliphatic carbocycles. The minimum Gasteiger partial charge on any atom is -0.444 e. The average Bonchev–Trinajstić information content (AvgIpc) is 2.77. The summed E-state index contributed by atoms with van der Waals surface area (Å²) in [5.41, 5.74) is 2.67. The molecule has 1 aromatic carbocycles. The third kappa shape index (κ3) is 3.06. The van der Waals surface area contributed by atoms with Crippen LogP contribution in [-0.4, -0.2) is 56.4 Å². The van der Waals surface area contributed by atoms with E-state index >= 15 is 0 Å². The molecule has 1 amide bonds. The number of benzene rings is 1. The van der Waals surface area contributed by atoms with Gasteiger partial charge in [-0.1, -0.05) is 18.2 Å². The first-order chi connectivity index (χ1) is 12.1. The number of para-hydroxylation sites is 1. The molecule has 0 radical (unpaired) electrons. The molecule has 6 nitrogen and oxygen atoms in total. The van der Waals surface area contributed by atoms with E-state index in [1.54, 1.807) is 4.90 Å². The SMILES string of the molecule is CC(C)(C)OC(=O)N1CC[C@H]2[C@@H](C1)c1cccc3c1N2CCS(=O)(=O)C3. The van der Waals surface area contributed by atoms with Gasteiger partial charge in [-0.25, -0.2) is 13.2 Å². The Morgan fingerprint density at radius 2 is 2.00 bits per heavy atom. The Kier molecular flexibility index (Phi) is 3.99. The standard InChI is InChI=1S/C19H26N2O4S/c1-19(2,3)25-18(22)20-8-7-16-15(11-20)14-6-4-5-13-12-26(23,24)10-9-21(16)17(13)14/h4-6,15-16H,7-12H2,1-3H3/t15-,16-/m0/s1. The molecule has 7 heteroatoms. The Bertz CT molecular complexity index is 844. The first-order valence-electron chi connectivity index (χ1n) is 9.21. The molecule has 0 aromatic heterocycles. The lowest BCUT2D eigenvalue weighted by atomic mass is 9.89. The maximum atomic E-state index is 12.5. The number of carbonyl (C=O) groups excluding carboxylic acids is 1. The molecule has 1 fully saturated rings. The number of hydrogen-bond acceptors (Lipinski definition) is 5. The van der Waals surface area contributed by atoms with Crippen LogP contribution < -0.4 is 4.90 Å². The van der Waals surface area contributed by atoms with Gasteiger partial charge in [0.1, 0.15) is 5.60 Å². The minimum atomic E-state index is -3.06. The molecule has 0 N–H and O–H groups in total. The van der Waals surface area contributed by atoms with Gasteiger partial charge in [0.05, 0.1) is 11.5 Å². The van der Waals surface area contributed by atoms with E-state index in [0.29, 0.717) is 19.6 Å². The van der Waals surface area contributed by atoms with Crippen LogP contribution in [0, 0.1) is 0 Å². The second kappa shape index (κ2) is 5.87. The fourth-order valence-electron chi connectivity index (χ4n) is 4.48. The minimum absolute atomic E-state index is 0.113. The largest absolute Gasteiger partial charge is 0.444 e. The first-order valence-corrected chi connectivity index (χ1v) is 11.0. The monoisotopic (exact) mass is 378 g/mol. The van der Waals surface area contributed by atoms with Crippen molar-refractivity contribution < 1.29 is 17.9 Å². The number of carbonyl (C=O) groups is 1. The maximum absolute atomic E-state index is 12.5. The second-order valence-corrected chi connectivity index (χ2v) is 10.7. The number of fused-ring (bicyclic) bond motifs is 3. The molecule has 0 spiro atoms. The molecule has 0 saturated carbocycles. The zero-order valence-corrected chi connectivity index (χ0v) is 16.4. The van der Waals surface area contributed by atoms with Crippen molar-refractivity contribution in [3.05, 3.63) is 29.3 Å². The van der Waals surface area contributed by atoms with Crippen molar-refractivity contribution in [1.29, 1.82) is 0 Å². The first kappa shape index (κ1) is 17.6. The van der Waals surface area contributed by atoms with E-state index in [2.05, 4.69) is 11.0 Å². The molecule has 3 aliphatic heterocycles. The lowest BCUT2D eigenvalue weighted by molar-refractivity contribution is 0.0189. The quantitative estimate of drug-likeness (QED) is 0.694. The van der Waals surface area contributed by atoms with Crippen molar-refractivity contribution >= 4 is 21.6 Å². The van der Waals surface area contributed by atoms with Crippen molar-refractivity contribution in [2.24, 2.45) is 0 Å². The summed E-state index contributed by atoms with van der Waals surface area (Å²) in [7, 11) is -3.06. The topological polar surface area (TPSA) is 66.9 Å². The van der Waals surface area contributed by atoms with E-state index in [9.17, 15) is 13.2 Å². The zero-order valence-electron chi connectivity index (χ0n) is 15.6. The molecule has 0 unspecified atom stereocenters. The van der Waals surface area contributed by atoms with Crippen molar-refractivity contribution in [3.63, 3.8) is 0 Å². The Hall–Kier alpha value is -1.76. The number of rotatable bonds is 0. The Balaban J connectivity index is 1.64. The molecule has 4 rings (SSSR count). The van der Waals surface area contributed by atoms with E-state index in [1.807, 2.05) is 32.9 Å². The lowest BCUT2D eigenvalue weighted by Gasteiger charge is -2.39. The van der Waals surface area contributed by atoms with Crippen molar-refractivity contribution in [1.82, 2.24) is 4.90 Å². The van der Waals surface area contributed by atoms with Crippen LogP contribution in [0.1, 0.15) is 44.2 Å². The molecule has 1 saturated heterocycles. The van der Waals surface area contributed by atoms with Gasteiger partial charge in [-0.3, -0.25) is 0 Å². The van der Waals surface area contributed by atoms with Gasteiger partial charge in [0.2, 0.25) is 0 Å². The summed E-state index contributed by atoms with van der Waals surface area (Å²) in [6, 6.07) is 6.23. The van der Waals surface area contributed by atoms with E-state index in [4.69, 9.17) is 4.74 Å². The molecule has 0 bridgehead atoms. The Morgan fingerprint density at radius 3 is 2.73 bits per heavy atom. The molecule has 1 aromatic rings. The molecular weight excluding hydrogens is 352 g/mol. The summed E-state index contributed by atoms with van der Waals surface area (Å²) < 4.78 is 30.0. The molecule has 3 heterocycles. The fourth-order valence-corrected chi connectivity index (χ4v) is 5.80. The highest BCUT2D eigenvalue weighted by molar-refractivity contribution is 7.90. The molecule has 3 aliphatic rings. The van der Waals surface area contributed by atoms with Crippen molar-refractivity contribution in [2.75, 3.05) is 30.3 Å². The number of hydrogen-bond donors (Lipinski definition) is 0. The summed E-state index contributed by atoms with van der Waals surface area (Å²) in [5.74, 6) is 0.522. The van der Waals surface area contributed by atoms with E-state index < -0.39 is 15.4 Å². The Morgan fingerprint density at radius 1 is 1.23 bits per heavy atom. The van der Waals surface area contributed by atoms with Gasteiger partial charge in [-0.15, -0.1) is 0 Å². The van der Waals surface area contributed by atoms with Gasteiger partial charge in [0, 0.05) is 37.3 Å². The van der Waals surface area contributed by atoms with Crippen LogP contribution in [-0.2, 0) is 20.3 Å². The number of anilines is 1. The summed E-state index contributed by atoms with van der Waals surface area (Å²) in [6.07, 6.45) is 0.569. The lowest BCUT2D eigenvalue weighted by Crippen LogP contribution is -2.49. The van der Waals surface area contributed by atoms with Gasteiger partial charge in [-0.2, -0.15) is 0 Å². The van der Waals surface area contributed by atoms with E-state index in [0.717, 1.165) is 17.7 Å². The number of likely N-dealkylation sites (tertiary alicyclic amines) is 1.